The van der Waals surface area contributed by atoms with Gasteiger partial charge in [-0.15, -0.1) is 0 Å². The van der Waals surface area contributed by atoms with Crippen LogP contribution in [-0.2, 0) is 29.2 Å². The lowest BCUT2D eigenvalue weighted by Gasteiger charge is -2.29. The Morgan fingerprint density at radius 1 is 1.06 bits per heavy atom. The Morgan fingerprint density at radius 2 is 1.87 bits per heavy atom. The number of hydrogen-bond donors (Lipinski definition) is 1. The Kier molecular flexibility index (Phi) is 4.55. The number of nitrogens with zero attached hydrogens (tertiary/aromatic N) is 2. The minimum atomic E-state index is -0.707. The Morgan fingerprint density at radius 3 is 2.65 bits per heavy atom. The lowest BCUT2D eigenvalue weighted by Crippen LogP contribution is -2.52. The molecule has 1 fully saturated rings. The van der Waals surface area contributed by atoms with E-state index in [0.717, 1.165) is 5.56 Å². The molecule has 3 aliphatic rings. The third kappa shape index (κ3) is 3.27. The van der Waals surface area contributed by atoms with E-state index in [1.807, 2.05) is 0 Å². The van der Waals surface area contributed by atoms with Crippen molar-refractivity contribution in [3.63, 3.8) is 0 Å². The molecule has 2 aromatic rings. The van der Waals surface area contributed by atoms with Gasteiger partial charge in [0.05, 0.1) is 0 Å². The number of imide groups is 1. The van der Waals surface area contributed by atoms with Gasteiger partial charge in [-0.3, -0.25) is 24.5 Å². The van der Waals surface area contributed by atoms with Gasteiger partial charge in [-0.2, -0.15) is 0 Å². The first-order valence-corrected chi connectivity index (χ1v) is 10.2. The van der Waals surface area contributed by atoms with Gasteiger partial charge in [0.15, 0.2) is 0 Å². The summed E-state index contributed by atoms with van der Waals surface area (Å²) in [6.45, 7) is 0.731. The van der Waals surface area contributed by atoms with Gasteiger partial charge < -0.3 is 9.80 Å². The topological polar surface area (TPSA) is 86.8 Å². The van der Waals surface area contributed by atoms with Crippen LogP contribution in [-0.4, -0.2) is 39.5 Å². The zero-order chi connectivity index (χ0) is 21.9. The molecule has 3 heterocycles. The van der Waals surface area contributed by atoms with Crippen molar-refractivity contribution in [2.24, 2.45) is 0 Å². The first-order valence-electron chi connectivity index (χ1n) is 9.85. The van der Waals surface area contributed by atoms with E-state index in [4.69, 9.17) is 11.6 Å². The average Bonchev–Trinajstić information content (AvgIpc) is 3.29. The highest BCUT2D eigenvalue weighted by atomic mass is 35.5. The van der Waals surface area contributed by atoms with Crippen LogP contribution >= 0.6 is 11.6 Å². The fraction of sp³-hybridized carbons (Fsp3) is 0.273. The fourth-order valence-electron chi connectivity index (χ4n) is 4.46. The highest BCUT2D eigenvalue weighted by molar-refractivity contribution is 6.31. The monoisotopic (exact) mass is 441 g/mol. The van der Waals surface area contributed by atoms with Gasteiger partial charge in [-0.05, 0) is 53.4 Å². The number of piperidine rings is 1. The predicted molar refractivity (Wildman–Crippen MR) is 107 cm³/mol. The van der Waals surface area contributed by atoms with Gasteiger partial charge >= 0.3 is 0 Å². The van der Waals surface area contributed by atoms with E-state index in [1.54, 1.807) is 23.1 Å². The number of fused-ring (bicyclic) bond motifs is 2. The van der Waals surface area contributed by atoms with E-state index >= 15 is 0 Å². The summed E-state index contributed by atoms with van der Waals surface area (Å²) in [6.07, 6.45) is 0.457. The molecule has 1 unspecified atom stereocenters. The van der Waals surface area contributed by atoms with Crippen molar-refractivity contribution in [3.8, 4) is 0 Å². The van der Waals surface area contributed by atoms with Crippen LogP contribution in [0.2, 0.25) is 5.02 Å². The largest absolute Gasteiger partial charge is 0.330 e. The standard InChI is InChI=1S/C22H17ClFN3O4/c23-17-7-14(24)6-13-8-26(10-16(13)17)21(30)11-1-2-15-12(5-11)9-27(22(15)31)18-3-4-19(28)25-20(18)29/h1-2,5-7,18H,3-4,8-10H2,(H,25,28,29). The maximum Gasteiger partial charge on any atom is 0.255 e. The number of nitrogens with one attached hydrogen (secondary N) is 1. The number of hydrogen-bond acceptors (Lipinski definition) is 4. The van der Waals surface area contributed by atoms with Crippen LogP contribution in [0.1, 0.15) is 50.2 Å². The van der Waals surface area contributed by atoms with Gasteiger partial charge in [0, 0.05) is 42.2 Å². The van der Waals surface area contributed by atoms with Crippen molar-refractivity contribution in [2.45, 2.75) is 38.5 Å². The second-order valence-corrected chi connectivity index (χ2v) is 8.37. The number of rotatable bonds is 2. The van der Waals surface area contributed by atoms with E-state index in [0.29, 0.717) is 27.3 Å². The van der Waals surface area contributed by atoms with Crippen LogP contribution < -0.4 is 5.32 Å². The lowest BCUT2D eigenvalue weighted by molar-refractivity contribution is -0.136. The Labute approximate surface area is 181 Å². The van der Waals surface area contributed by atoms with Crippen LogP contribution in [0.25, 0.3) is 0 Å². The number of carbonyl (C=O) groups is 4. The molecule has 31 heavy (non-hydrogen) atoms. The number of benzene rings is 2. The Balaban J connectivity index is 1.36. The summed E-state index contributed by atoms with van der Waals surface area (Å²) >= 11 is 6.12. The summed E-state index contributed by atoms with van der Waals surface area (Å²) < 4.78 is 13.6. The lowest BCUT2D eigenvalue weighted by atomic mass is 10.0. The fourth-order valence-corrected chi connectivity index (χ4v) is 4.75. The minimum Gasteiger partial charge on any atom is -0.330 e. The molecule has 2 aromatic carbocycles. The van der Waals surface area contributed by atoms with Crippen molar-refractivity contribution in [1.82, 2.24) is 15.1 Å². The highest BCUT2D eigenvalue weighted by Crippen LogP contribution is 2.33. The molecule has 0 aromatic heterocycles. The quantitative estimate of drug-likeness (QED) is 0.725. The molecule has 4 amide bonds. The predicted octanol–water partition coefficient (Wildman–Crippen LogP) is 2.40. The van der Waals surface area contributed by atoms with E-state index < -0.39 is 17.8 Å². The number of halogens is 2. The Bertz CT molecular complexity index is 1180. The summed E-state index contributed by atoms with van der Waals surface area (Å²) in [5, 5.41) is 2.56. The second-order valence-electron chi connectivity index (χ2n) is 7.96. The molecule has 5 rings (SSSR count). The van der Waals surface area contributed by atoms with Crippen molar-refractivity contribution < 1.29 is 23.6 Å². The molecule has 0 radical (unpaired) electrons. The first-order chi connectivity index (χ1) is 14.8. The maximum atomic E-state index is 13.6. The summed E-state index contributed by atoms with van der Waals surface area (Å²) in [5.41, 5.74) is 2.91. The molecule has 3 aliphatic heterocycles. The van der Waals surface area contributed by atoms with Crippen molar-refractivity contribution in [2.75, 3.05) is 0 Å². The van der Waals surface area contributed by atoms with E-state index in [1.165, 1.54) is 17.0 Å². The average molecular weight is 442 g/mol. The summed E-state index contributed by atoms with van der Waals surface area (Å²) in [5.74, 6) is -1.80. The molecular weight excluding hydrogens is 425 g/mol. The molecule has 0 spiro atoms. The zero-order valence-electron chi connectivity index (χ0n) is 16.3. The van der Waals surface area contributed by atoms with Crippen LogP contribution in [0.4, 0.5) is 4.39 Å². The van der Waals surface area contributed by atoms with Gasteiger partial charge in [0.2, 0.25) is 11.8 Å². The van der Waals surface area contributed by atoms with Gasteiger partial charge in [-0.1, -0.05) is 11.6 Å². The van der Waals surface area contributed by atoms with E-state index in [-0.39, 0.29) is 50.2 Å². The zero-order valence-corrected chi connectivity index (χ0v) is 17.0. The third-order valence-corrected chi connectivity index (χ3v) is 6.36. The molecule has 0 saturated carbocycles. The molecular formula is C22H17ClFN3O4. The second kappa shape index (κ2) is 7.16. The van der Waals surface area contributed by atoms with Crippen LogP contribution in [0, 0.1) is 5.82 Å². The van der Waals surface area contributed by atoms with E-state index in [9.17, 15) is 23.6 Å². The van der Waals surface area contributed by atoms with Crippen molar-refractivity contribution in [3.05, 3.63) is 69.0 Å². The first kappa shape index (κ1) is 19.7. The summed E-state index contributed by atoms with van der Waals surface area (Å²) in [6, 6.07) is 6.74. The summed E-state index contributed by atoms with van der Waals surface area (Å²) in [4.78, 5) is 52.4. The van der Waals surface area contributed by atoms with Crippen LogP contribution in [0.15, 0.2) is 30.3 Å². The summed E-state index contributed by atoms with van der Waals surface area (Å²) in [7, 11) is 0. The minimum absolute atomic E-state index is 0.180. The molecule has 0 aliphatic carbocycles. The molecule has 0 bridgehead atoms. The highest BCUT2D eigenvalue weighted by Gasteiger charge is 2.39. The molecule has 1 N–H and O–H groups in total. The SMILES string of the molecule is O=C1CCC(N2Cc3cc(C(=O)N4Cc5cc(F)cc(Cl)c5C4)ccc3C2=O)C(=O)N1. The van der Waals surface area contributed by atoms with Crippen LogP contribution in [0.5, 0.6) is 0 Å². The molecule has 1 atom stereocenters. The van der Waals surface area contributed by atoms with Gasteiger partial charge in [0.1, 0.15) is 11.9 Å². The number of carbonyl (C=O) groups excluding carboxylic acids is 4. The smallest absolute Gasteiger partial charge is 0.255 e. The Hall–Kier alpha value is -3.26. The van der Waals surface area contributed by atoms with Crippen molar-refractivity contribution in [1.29, 1.82) is 0 Å². The number of amides is 4. The van der Waals surface area contributed by atoms with Crippen LogP contribution in [0.3, 0.4) is 0 Å². The molecule has 158 valence electrons. The van der Waals surface area contributed by atoms with E-state index in [2.05, 4.69) is 5.32 Å². The maximum absolute atomic E-state index is 13.6. The third-order valence-electron chi connectivity index (χ3n) is 6.02. The van der Waals surface area contributed by atoms with Gasteiger partial charge in [-0.25, -0.2) is 4.39 Å². The van der Waals surface area contributed by atoms with Gasteiger partial charge in [0.25, 0.3) is 11.8 Å². The normalized spacial score (nSPS) is 20.1. The van der Waals surface area contributed by atoms with Crippen molar-refractivity contribution >= 4 is 35.2 Å². The molecule has 9 heteroatoms. The molecule has 1 saturated heterocycles. The molecule has 7 nitrogen and oxygen atoms in total.